The highest BCUT2D eigenvalue weighted by atomic mass is 19.1. The van der Waals surface area contributed by atoms with Crippen molar-refractivity contribution < 1.29 is 18.8 Å². The molecule has 9 nitrogen and oxygen atoms in total. The molecule has 6 N–H and O–H groups in total. The first-order valence-electron chi connectivity index (χ1n) is 13.2. The first kappa shape index (κ1) is 28.3. The molecule has 4 rings (SSSR count). The van der Waals surface area contributed by atoms with E-state index in [0.29, 0.717) is 52.7 Å². The number of hydrogen-bond acceptors (Lipinski definition) is 5. The van der Waals surface area contributed by atoms with Gasteiger partial charge in [-0.25, -0.2) is 9.37 Å². The number of aryl methyl sites for hydroxylation is 1. The molecular formula is C30H33FN6O3. The van der Waals surface area contributed by atoms with E-state index >= 15 is 0 Å². The second-order valence-corrected chi connectivity index (χ2v) is 9.68. The van der Waals surface area contributed by atoms with E-state index in [1.54, 1.807) is 30.5 Å². The lowest BCUT2D eigenvalue weighted by atomic mass is 10.0. The fraction of sp³-hybridized carbons (Fsp3) is 0.267. The fourth-order valence-electron chi connectivity index (χ4n) is 4.56. The maximum atomic E-state index is 13.8. The number of carbonyl (C=O) groups is 3. The molecule has 0 atom stereocenters. The maximum absolute atomic E-state index is 13.8. The molecule has 0 bridgehead atoms. The van der Waals surface area contributed by atoms with E-state index in [0.717, 1.165) is 36.8 Å². The summed E-state index contributed by atoms with van der Waals surface area (Å²) in [6, 6.07) is 7.62. The zero-order valence-electron chi connectivity index (χ0n) is 22.6. The standard InChI is InChI=1S/C30H33FN6O3/c1-18-25(16-23-22-15-21(31)9-10-24(22)37-29(23)39)36-19(2)28(18)30(40)34-14-6-4-3-5-13-33-27(38)12-8-20-7-11-26(32)35-17-20/h7-12,15-17,36H,3-6,13-14H2,1-2H3,(H2,32,35)(H,33,38)(H,34,40)(H,37,39)/b12-8+,23-16?. The highest BCUT2D eigenvalue weighted by Crippen LogP contribution is 2.34. The molecule has 208 valence electrons. The van der Waals surface area contributed by atoms with Gasteiger partial charge in [-0.2, -0.15) is 0 Å². The molecule has 1 aromatic carbocycles. The number of pyridine rings is 1. The normalized spacial score (nSPS) is 13.5. The Morgan fingerprint density at radius 1 is 1.05 bits per heavy atom. The third kappa shape index (κ3) is 7.02. The molecule has 0 radical (unpaired) electrons. The number of carbonyl (C=O) groups excluding carboxylic acids is 3. The first-order chi connectivity index (χ1) is 19.2. The number of hydrogen-bond donors (Lipinski definition) is 5. The van der Waals surface area contributed by atoms with E-state index < -0.39 is 5.82 Å². The van der Waals surface area contributed by atoms with E-state index in [9.17, 15) is 18.8 Å². The van der Waals surface area contributed by atoms with E-state index in [4.69, 9.17) is 5.73 Å². The van der Waals surface area contributed by atoms with E-state index in [1.165, 1.54) is 24.3 Å². The van der Waals surface area contributed by atoms with Crippen LogP contribution in [0.1, 0.15) is 64.1 Å². The molecule has 0 saturated heterocycles. The number of nitrogens with two attached hydrogens (primary N) is 1. The van der Waals surface area contributed by atoms with Crippen LogP contribution in [-0.2, 0) is 9.59 Å². The van der Waals surface area contributed by atoms with Gasteiger partial charge < -0.3 is 26.7 Å². The third-order valence-electron chi connectivity index (χ3n) is 6.68. The Morgan fingerprint density at radius 2 is 1.80 bits per heavy atom. The van der Waals surface area contributed by atoms with E-state index in [1.807, 2.05) is 13.8 Å². The number of H-pyrrole nitrogens is 1. The Morgan fingerprint density at radius 3 is 2.52 bits per heavy atom. The number of nitrogens with one attached hydrogen (secondary N) is 4. The summed E-state index contributed by atoms with van der Waals surface area (Å²) in [4.78, 5) is 44.4. The first-order valence-corrected chi connectivity index (χ1v) is 13.2. The zero-order valence-corrected chi connectivity index (χ0v) is 22.6. The number of fused-ring (bicyclic) bond motifs is 1. The molecular weight excluding hydrogens is 511 g/mol. The molecule has 1 aliphatic rings. The van der Waals surface area contributed by atoms with Crippen LogP contribution < -0.4 is 21.7 Å². The second kappa shape index (κ2) is 12.9. The summed E-state index contributed by atoms with van der Waals surface area (Å²) in [5, 5.41) is 8.55. The number of halogens is 1. The second-order valence-electron chi connectivity index (χ2n) is 9.68. The smallest absolute Gasteiger partial charge is 0.256 e. The van der Waals surface area contributed by atoms with Gasteiger partial charge >= 0.3 is 0 Å². The number of benzene rings is 1. The highest BCUT2D eigenvalue weighted by Gasteiger charge is 2.26. The van der Waals surface area contributed by atoms with Crippen molar-refractivity contribution in [1.82, 2.24) is 20.6 Å². The molecule has 0 unspecified atom stereocenters. The molecule has 2 aromatic heterocycles. The van der Waals surface area contributed by atoms with Gasteiger partial charge in [0.15, 0.2) is 0 Å². The van der Waals surface area contributed by atoms with Gasteiger partial charge in [0.2, 0.25) is 5.91 Å². The van der Waals surface area contributed by atoms with Crippen molar-refractivity contribution in [3.63, 3.8) is 0 Å². The number of anilines is 2. The largest absolute Gasteiger partial charge is 0.384 e. The van der Waals surface area contributed by atoms with Crippen LogP contribution in [0.15, 0.2) is 42.6 Å². The summed E-state index contributed by atoms with van der Waals surface area (Å²) < 4.78 is 13.8. The molecule has 10 heteroatoms. The van der Waals surface area contributed by atoms with E-state index in [-0.39, 0.29) is 17.7 Å². The summed E-state index contributed by atoms with van der Waals surface area (Å²) in [6.07, 6.45) is 9.90. The fourth-order valence-corrected chi connectivity index (χ4v) is 4.56. The molecule has 0 saturated carbocycles. The van der Waals surface area contributed by atoms with Crippen LogP contribution in [-0.4, -0.2) is 40.8 Å². The van der Waals surface area contributed by atoms with Gasteiger partial charge in [0, 0.05) is 48.0 Å². The Bertz CT molecular complexity index is 1470. The highest BCUT2D eigenvalue weighted by molar-refractivity contribution is 6.34. The summed E-state index contributed by atoms with van der Waals surface area (Å²) >= 11 is 0. The summed E-state index contributed by atoms with van der Waals surface area (Å²) in [6.45, 7) is 4.73. The van der Waals surface area contributed by atoms with Crippen LogP contribution in [0.4, 0.5) is 15.9 Å². The number of nitrogens with zero attached hydrogens (tertiary/aromatic N) is 1. The van der Waals surface area contributed by atoms with Crippen LogP contribution in [0.3, 0.4) is 0 Å². The minimum atomic E-state index is -0.425. The Kier molecular flexibility index (Phi) is 9.11. The quantitative estimate of drug-likeness (QED) is 0.180. The molecule has 0 fully saturated rings. The number of nitrogen functional groups attached to an aromatic ring is 1. The molecule has 3 aromatic rings. The molecule has 3 amide bonds. The minimum absolute atomic E-state index is 0.165. The average molecular weight is 545 g/mol. The third-order valence-corrected chi connectivity index (χ3v) is 6.68. The van der Waals surface area contributed by atoms with Gasteiger partial charge in [0.1, 0.15) is 11.6 Å². The molecule has 1 aliphatic heterocycles. The van der Waals surface area contributed by atoms with Crippen LogP contribution >= 0.6 is 0 Å². The van der Waals surface area contributed by atoms with Crippen molar-refractivity contribution in [2.75, 3.05) is 24.1 Å². The monoisotopic (exact) mass is 544 g/mol. The van der Waals surface area contributed by atoms with Crippen LogP contribution in [0.2, 0.25) is 0 Å². The number of amides is 3. The maximum Gasteiger partial charge on any atom is 0.256 e. The topological polar surface area (TPSA) is 142 Å². The predicted octanol–water partition coefficient (Wildman–Crippen LogP) is 4.36. The van der Waals surface area contributed by atoms with Gasteiger partial charge in [-0.3, -0.25) is 14.4 Å². The molecule has 40 heavy (non-hydrogen) atoms. The Labute approximate surface area is 232 Å². The molecule has 3 heterocycles. The Hall–Kier alpha value is -4.73. The molecule has 0 spiro atoms. The molecule has 0 aliphatic carbocycles. The summed E-state index contributed by atoms with van der Waals surface area (Å²) in [5.41, 5.74) is 10.3. The van der Waals surface area contributed by atoms with Gasteiger partial charge in [0.05, 0.1) is 11.1 Å². The number of aromatic nitrogens is 2. The average Bonchev–Trinajstić information content (AvgIpc) is 3.38. The van der Waals surface area contributed by atoms with Crippen LogP contribution in [0.5, 0.6) is 0 Å². The van der Waals surface area contributed by atoms with Crippen molar-refractivity contribution >= 4 is 47.0 Å². The lowest BCUT2D eigenvalue weighted by Crippen LogP contribution is -2.25. The lowest BCUT2D eigenvalue weighted by molar-refractivity contribution is -0.116. The van der Waals surface area contributed by atoms with Crippen molar-refractivity contribution in [1.29, 1.82) is 0 Å². The number of unbranched alkanes of at least 4 members (excludes halogenated alkanes) is 3. The predicted molar refractivity (Wildman–Crippen MR) is 155 cm³/mol. The van der Waals surface area contributed by atoms with Crippen LogP contribution in [0.25, 0.3) is 17.7 Å². The summed E-state index contributed by atoms with van der Waals surface area (Å²) in [7, 11) is 0. The van der Waals surface area contributed by atoms with Crippen LogP contribution in [0, 0.1) is 19.7 Å². The number of aromatic amines is 1. The summed E-state index contributed by atoms with van der Waals surface area (Å²) in [5.74, 6) is -0.661. The SMILES string of the molecule is Cc1[nH]c(C=C2C(=O)Nc3ccc(F)cc32)c(C)c1C(=O)NCCCCCCNC(=O)/C=C/c1ccc(N)nc1. The van der Waals surface area contributed by atoms with Crippen molar-refractivity contribution in [3.8, 4) is 0 Å². The van der Waals surface area contributed by atoms with Gasteiger partial charge in [-0.05, 0) is 80.3 Å². The van der Waals surface area contributed by atoms with Gasteiger partial charge in [-0.15, -0.1) is 0 Å². The van der Waals surface area contributed by atoms with Gasteiger partial charge in [-0.1, -0.05) is 12.8 Å². The lowest BCUT2D eigenvalue weighted by Gasteiger charge is -2.07. The van der Waals surface area contributed by atoms with Crippen molar-refractivity contribution in [2.24, 2.45) is 0 Å². The van der Waals surface area contributed by atoms with Crippen molar-refractivity contribution in [2.45, 2.75) is 39.5 Å². The van der Waals surface area contributed by atoms with Gasteiger partial charge in [0.25, 0.3) is 11.8 Å². The number of rotatable bonds is 11. The van der Waals surface area contributed by atoms with Crippen molar-refractivity contribution in [3.05, 3.63) is 82.1 Å². The Balaban J connectivity index is 1.19. The minimum Gasteiger partial charge on any atom is -0.384 e. The van der Waals surface area contributed by atoms with E-state index in [2.05, 4.69) is 25.9 Å². The zero-order chi connectivity index (χ0) is 28.6.